The van der Waals surface area contributed by atoms with E-state index in [1.54, 1.807) is 37.5 Å². The van der Waals surface area contributed by atoms with Gasteiger partial charge in [-0.1, -0.05) is 12.1 Å². The number of aryl methyl sites for hydroxylation is 1. The summed E-state index contributed by atoms with van der Waals surface area (Å²) >= 11 is 0. The third kappa shape index (κ3) is 2.78. The number of anilines is 1. The van der Waals surface area contributed by atoms with Crippen LogP contribution < -0.4 is 10.6 Å². The highest BCUT2D eigenvalue weighted by atomic mass is 16.2. The first kappa shape index (κ1) is 14.8. The number of aromatic nitrogens is 2. The average Bonchev–Trinajstić information content (AvgIpc) is 3.04. The maximum absolute atomic E-state index is 12.5. The van der Waals surface area contributed by atoms with Crippen LogP contribution in [-0.2, 0) is 0 Å². The molecular weight excluding hydrogens is 292 g/mol. The second-order valence-corrected chi connectivity index (χ2v) is 5.20. The van der Waals surface area contributed by atoms with Gasteiger partial charge in [0.25, 0.3) is 11.8 Å². The molecule has 1 heterocycles. The van der Waals surface area contributed by atoms with Gasteiger partial charge in [0, 0.05) is 23.7 Å². The SMILES string of the molecule is CNC(=O)c1ccc(NC(=O)c2cccc3cn[nH]c23)c(C)c1. The Labute approximate surface area is 132 Å². The Morgan fingerprint density at radius 2 is 1.96 bits per heavy atom. The fourth-order valence-corrected chi connectivity index (χ4v) is 2.44. The Morgan fingerprint density at radius 3 is 2.70 bits per heavy atom. The van der Waals surface area contributed by atoms with Crippen molar-refractivity contribution in [3.05, 3.63) is 59.3 Å². The third-order valence-corrected chi connectivity index (χ3v) is 3.69. The van der Waals surface area contributed by atoms with Crippen LogP contribution in [0.2, 0.25) is 0 Å². The first-order valence-electron chi connectivity index (χ1n) is 7.16. The summed E-state index contributed by atoms with van der Waals surface area (Å²) in [4.78, 5) is 24.1. The van der Waals surface area contributed by atoms with E-state index in [4.69, 9.17) is 0 Å². The minimum Gasteiger partial charge on any atom is -0.355 e. The van der Waals surface area contributed by atoms with Crippen molar-refractivity contribution in [2.75, 3.05) is 12.4 Å². The lowest BCUT2D eigenvalue weighted by Crippen LogP contribution is -2.18. The van der Waals surface area contributed by atoms with Crippen LogP contribution in [0.5, 0.6) is 0 Å². The summed E-state index contributed by atoms with van der Waals surface area (Å²) in [6.07, 6.45) is 1.68. The van der Waals surface area contributed by atoms with E-state index >= 15 is 0 Å². The van der Waals surface area contributed by atoms with E-state index in [0.29, 0.717) is 22.3 Å². The van der Waals surface area contributed by atoms with Crippen molar-refractivity contribution < 1.29 is 9.59 Å². The Bertz CT molecular complexity index is 898. The van der Waals surface area contributed by atoms with Gasteiger partial charge in [0.1, 0.15) is 0 Å². The van der Waals surface area contributed by atoms with Gasteiger partial charge in [0.2, 0.25) is 0 Å². The molecule has 6 heteroatoms. The van der Waals surface area contributed by atoms with Crippen LogP contribution in [0.3, 0.4) is 0 Å². The summed E-state index contributed by atoms with van der Waals surface area (Å²) in [7, 11) is 1.58. The number of carbonyl (C=O) groups is 2. The molecule has 0 aliphatic heterocycles. The normalized spacial score (nSPS) is 10.5. The predicted octanol–water partition coefficient (Wildman–Crippen LogP) is 2.48. The zero-order valence-electron chi connectivity index (χ0n) is 12.8. The molecule has 0 aliphatic rings. The molecule has 2 amide bonds. The smallest absolute Gasteiger partial charge is 0.257 e. The van der Waals surface area contributed by atoms with Crippen LogP contribution in [-0.4, -0.2) is 29.1 Å². The number of benzene rings is 2. The number of rotatable bonds is 3. The molecule has 0 bridgehead atoms. The van der Waals surface area contributed by atoms with Crippen molar-refractivity contribution in [2.24, 2.45) is 0 Å². The molecule has 0 saturated carbocycles. The van der Waals surface area contributed by atoms with E-state index in [0.717, 1.165) is 10.9 Å². The minimum absolute atomic E-state index is 0.159. The first-order valence-corrected chi connectivity index (χ1v) is 7.16. The Hall–Kier alpha value is -3.15. The molecule has 0 atom stereocenters. The summed E-state index contributed by atoms with van der Waals surface area (Å²) < 4.78 is 0. The van der Waals surface area contributed by atoms with Gasteiger partial charge in [-0.05, 0) is 36.8 Å². The first-order chi connectivity index (χ1) is 11.1. The van der Waals surface area contributed by atoms with Gasteiger partial charge in [0.15, 0.2) is 0 Å². The van der Waals surface area contributed by atoms with Crippen LogP contribution in [0.25, 0.3) is 10.9 Å². The van der Waals surface area contributed by atoms with Crippen molar-refractivity contribution in [3.63, 3.8) is 0 Å². The van der Waals surface area contributed by atoms with Crippen LogP contribution in [0.1, 0.15) is 26.3 Å². The Kier molecular flexibility index (Phi) is 3.80. The lowest BCUT2D eigenvalue weighted by molar-refractivity contribution is 0.0962. The molecule has 3 N–H and O–H groups in total. The molecule has 3 rings (SSSR count). The van der Waals surface area contributed by atoms with Crippen molar-refractivity contribution in [1.29, 1.82) is 0 Å². The highest BCUT2D eigenvalue weighted by Gasteiger charge is 2.13. The summed E-state index contributed by atoms with van der Waals surface area (Å²) in [5.74, 6) is -0.385. The molecule has 0 radical (unpaired) electrons. The van der Waals surface area contributed by atoms with Gasteiger partial charge in [-0.25, -0.2) is 0 Å². The number of H-pyrrole nitrogens is 1. The summed E-state index contributed by atoms with van der Waals surface area (Å²) in [5.41, 5.74) is 3.26. The van der Waals surface area contributed by atoms with Gasteiger partial charge in [-0.3, -0.25) is 14.7 Å². The number of amides is 2. The summed E-state index contributed by atoms with van der Waals surface area (Å²) in [6, 6.07) is 10.6. The number of hydrogen-bond donors (Lipinski definition) is 3. The molecule has 3 aromatic rings. The highest BCUT2D eigenvalue weighted by molar-refractivity contribution is 6.12. The number of fused-ring (bicyclic) bond motifs is 1. The second kappa shape index (κ2) is 5.92. The number of para-hydroxylation sites is 1. The van der Waals surface area contributed by atoms with Crippen LogP contribution in [0, 0.1) is 6.92 Å². The molecule has 1 aromatic heterocycles. The maximum Gasteiger partial charge on any atom is 0.257 e. The number of nitrogens with one attached hydrogen (secondary N) is 3. The van der Waals surface area contributed by atoms with E-state index in [2.05, 4.69) is 20.8 Å². The fourth-order valence-electron chi connectivity index (χ4n) is 2.44. The summed E-state index contributed by atoms with van der Waals surface area (Å²) in [6.45, 7) is 1.85. The predicted molar refractivity (Wildman–Crippen MR) is 88.6 cm³/mol. The monoisotopic (exact) mass is 308 g/mol. The molecular formula is C17H16N4O2. The quantitative estimate of drug-likeness (QED) is 0.694. The largest absolute Gasteiger partial charge is 0.355 e. The Morgan fingerprint density at radius 1 is 1.13 bits per heavy atom. The zero-order chi connectivity index (χ0) is 16.4. The van der Waals surface area contributed by atoms with Gasteiger partial charge in [-0.15, -0.1) is 0 Å². The van der Waals surface area contributed by atoms with Gasteiger partial charge >= 0.3 is 0 Å². The molecule has 6 nitrogen and oxygen atoms in total. The zero-order valence-corrected chi connectivity index (χ0v) is 12.8. The number of carbonyl (C=O) groups excluding carboxylic acids is 2. The lowest BCUT2D eigenvalue weighted by Gasteiger charge is -2.10. The van der Waals surface area contributed by atoms with E-state index in [9.17, 15) is 9.59 Å². The van der Waals surface area contributed by atoms with Gasteiger partial charge in [-0.2, -0.15) is 5.10 Å². The van der Waals surface area contributed by atoms with E-state index in [-0.39, 0.29) is 11.8 Å². The molecule has 0 saturated heterocycles. The van der Waals surface area contributed by atoms with Crippen LogP contribution >= 0.6 is 0 Å². The second-order valence-electron chi connectivity index (χ2n) is 5.20. The molecule has 0 aliphatic carbocycles. The number of hydrogen-bond acceptors (Lipinski definition) is 3. The molecule has 0 unspecified atom stereocenters. The van der Waals surface area contributed by atoms with Crippen molar-refractivity contribution in [2.45, 2.75) is 6.92 Å². The van der Waals surface area contributed by atoms with Crippen molar-refractivity contribution in [1.82, 2.24) is 15.5 Å². The van der Waals surface area contributed by atoms with E-state index in [1.807, 2.05) is 19.1 Å². The standard InChI is InChI=1S/C17H16N4O2/c1-10-8-11(16(22)18-2)6-7-14(10)20-17(23)13-5-3-4-12-9-19-21-15(12)13/h3-9H,1-2H3,(H,18,22)(H,19,21)(H,20,23). The minimum atomic E-state index is -0.226. The average molecular weight is 308 g/mol. The molecule has 23 heavy (non-hydrogen) atoms. The summed E-state index contributed by atoms with van der Waals surface area (Å²) in [5, 5.41) is 13.1. The number of nitrogens with zero attached hydrogens (tertiary/aromatic N) is 1. The highest BCUT2D eigenvalue weighted by Crippen LogP contribution is 2.20. The molecule has 2 aromatic carbocycles. The third-order valence-electron chi connectivity index (χ3n) is 3.69. The van der Waals surface area contributed by atoms with Gasteiger partial charge < -0.3 is 10.6 Å². The topological polar surface area (TPSA) is 86.9 Å². The lowest BCUT2D eigenvalue weighted by atomic mass is 10.1. The Balaban J connectivity index is 1.88. The van der Waals surface area contributed by atoms with E-state index < -0.39 is 0 Å². The number of aromatic amines is 1. The van der Waals surface area contributed by atoms with Crippen molar-refractivity contribution >= 4 is 28.4 Å². The van der Waals surface area contributed by atoms with Crippen molar-refractivity contribution in [3.8, 4) is 0 Å². The molecule has 0 spiro atoms. The van der Waals surface area contributed by atoms with Crippen LogP contribution in [0.4, 0.5) is 5.69 Å². The molecule has 116 valence electrons. The fraction of sp³-hybridized carbons (Fsp3) is 0.118. The molecule has 0 fully saturated rings. The van der Waals surface area contributed by atoms with Gasteiger partial charge in [0.05, 0.1) is 17.3 Å². The van der Waals surface area contributed by atoms with Crippen LogP contribution in [0.15, 0.2) is 42.6 Å². The maximum atomic E-state index is 12.5. The van der Waals surface area contributed by atoms with E-state index in [1.165, 1.54) is 0 Å².